The molecule has 3 atom stereocenters. The summed E-state index contributed by atoms with van der Waals surface area (Å²) in [6.07, 6.45) is 1.07. The van der Waals surface area contributed by atoms with Crippen LogP contribution >= 0.6 is 22.6 Å². The van der Waals surface area contributed by atoms with E-state index in [2.05, 4.69) is 63.6 Å². The average Bonchev–Trinajstić information content (AvgIpc) is 3.27. The van der Waals surface area contributed by atoms with E-state index in [1.54, 1.807) is 0 Å². The molecule has 1 aliphatic rings. The molecule has 3 aromatic carbocycles. The molecule has 174 valence electrons. The number of halogens is 1. The van der Waals surface area contributed by atoms with Crippen molar-refractivity contribution in [2.45, 2.75) is 44.7 Å². The quantitative estimate of drug-likeness (QED) is 0.236. The van der Waals surface area contributed by atoms with Crippen LogP contribution in [-0.4, -0.2) is 21.8 Å². The molecule has 0 saturated carbocycles. The van der Waals surface area contributed by atoms with Gasteiger partial charge in [0, 0.05) is 0 Å². The van der Waals surface area contributed by atoms with Gasteiger partial charge in [0.15, 0.2) is 0 Å². The Hall–Kier alpha value is -2.52. The largest absolute Gasteiger partial charge is 0.369 e. The number of aromatic nitrogens is 2. The van der Waals surface area contributed by atoms with Crippen molar-refractivity contribution < 1.29 is 14.2 Å². The predicted octanol–water partition coefficient (Wildman–Crippen LogP) is 5.93. The molecule has 0 unspecified atom stereocenters. The third-order valence-electron chi connectivity index (χ3n) is 5.98. The second kappa shape index (κ2) is 11.3. The molecule has 0 aliphatic carbocycles. The number of imidazole rings is 1. The van der Waals surface area contributed by atoms with Crippen molar-refractivity contribution in [3.05, 3.63) is 123 Å². The van der Waals surface area contributed by atoms with E-state index in [9.17, 15) is 0 Å². The summed E-state index contributed by atoms with van der Waals surface area (Å²) in [5.41, 5.74) is 3.37. The van der Waals surface area contributed by atoms with E-state index in [0.29, 0.717) is 26.4 Å². The molecule has 0 N–H and O–H groups in total. The second-order valence-electron chi connectivity index (χ2n) is 8.36. The van der Waals surface area contributed by atoms with Crippen molar-refractivity contribution in [3.63, 3.8) is 0 Å². The van der Waals surface area contributed by atoms with Gasteiger partial charge in [0.2, 0.25) is 0 Å². The van der Waals surface area contributed by atoms with Crippen molar-refractivity contribution in [1.82, 2.24) is 9.55 Å². The fourth-order valence-corrected chi connectivity index (χ4v) is 4.80. The van der Waals surface area contributed by atoms with E-state index in [0.717, 1.165) is 26.2 Å². The van der Waals surface area contributed by atoms with Crippen molar-refractivity contribution in [3.8, 4) is 0 Å². The molecule has 6 heteroatoms. The number of nitrogens with zero attached hydrogens (tertiary/aromatic N) is 2. The zero-order chi connectivity index (χ0) is 23.2. The highest BCUT2D eigenvalue weighted by Gasteiger charge is 2.41. The van der Waals surface area contributed by atoms with Gasteiger partial charge >= 0.3 is 0 Å². The first kappa shape index (κ1) is 23.2. The number of hydrogen-bond donors (Lipinski definition) is 0. The summed E-state index contributed by atoms with van der Waals surface area (Å²) < 4.78 is 22.8. The lowest BCUT2D eigenvalue weighted by atomic mass is 10.0. The van der Waals surface area contributed by atoms with Gasteiger partial charge in [-0.1, -0.05) is 91.0 Å². The molecule has 1 aromatic heterocycles. The van der Waals surface area contributed by atoms with Crippen molar-refractivity contribution in [2.24, 2.45) is 0 Å². The lowest BCUT2D eigenvalue weighted by molar-refractivity contribution is -0.171. The summed E-state index contributed by atoms with van der Waals surface area (Å²) in [5, 5.41) is 0. The highest BCUT2D eigenvalue weighted by Crippen LogP contribution is 2.35. The van der Waals surface area contributed by atoms with Gasteiger partial charge in [0.05, 0.1) is 36.3 Å². The molecule has 2 heterocycles. The Balaban J connectivity index is 1.41. The maximum absolute atomic E-state index is 6.53. The minimum Gasteiger partial charge on any atom is -0.369 e. The summed E-state index contributed by atoms with van der Waals surface area (Å²) >= 11 is 2.32. The standard InChI is InChI=1S/C28H27IN2O3/c29-25-16-30-28-27(34-20-23-14-8-3-9-15-23)26(33-19-22-12-6-2-7-13-22)24(17-31(25)28)32-18-21-10-4-1-5-11-21/h1-16,24,26-27H,17-20H2/t24-,26-,27+/m0/s1. The number of ether oxygens (including phenoxy) is 3. The van der Waals surface area contributed by atoms with Gasteiger partial charge in [0.1, 0.15) is 24.1 Å². The van der Waals surface area contributed by atoms with Crippen molar-refractivity contribution in [2.75, 3.05) is 0 Å². The van der Waals surface area contributed by atoms with Crippen LogP contribution in [0.1, 0.15) is 28.6 Å². The monoisotopic (exact) mass is 566 g/mol. The minimum atomic E-state index is -0.345. The molecule has 0 saturated heterocycles. The Kier molecular flexibility index (Phi) is 7.70. The third-order valence-corrected chi connectivity index (χ3v) is 6.85. The normalized spacial score (nSPS) is 19.6. The maximum atomic E-state index is 6.53. The molecule has 4 aromatic rings. The summed E-state index contributed by atoms with van der Waals surface area (Å²) in [6.45, 7) is 2.15. The van der Waals surface area contributed by atoms with Crippen LogP contribution in [0.25, 0.3) is 0 Å². The lowest BCUT2D eigenvalue weighted by Gasteiger charge is -2.38. The summed E-state index contributed by atoms with van der Waals surface area (Å²) in [5.74, 6) is 0.887. The van der Waals surface area contributed by atoms with Gasteiger partial charge in [-0.2, -0.15) is 0 Å². The Morgan fingerprint density at radius 2 is 1.21 bits per heavy atom. The van der Waals surface area contributed by atoms with E-state index in [-0.39, 0.29) is 18.3 Å². The average molecular weight is 566 g/mol. The van der Waals surface area contributed by atoms with Gasteiger partial charge in [-0.3, -0.25) is 0 Å². The Morgan fingerprint density at radius 1 is 0.706 bits per heavy atom. The maximum Gasteiger partial charge on any atom is 0.144 e. The van der Waals surface area contributed by atoms with Gasteiger partial charge in [-0.25, -0.2) is 4.98 Å². The second-order valence-corrected chi connectivity index (χ2v) is 9.47. The van der Waals surface area contributed by atoms with Crippen LogP contribution in [-0.2, 0) is 40.6 Å². The molecule has 0 bridgehead atoms. The van der Waals surface area contributed by atoms with E-state index in [1.807, 2.05) is 60.8 Å². The van der Waals surface area contributed by atoms with Crippen LogP contribution in [0.15, 0.2) is 97.2 Å². The van der Waals surface area contributed by atoms with Crippen molar-refractivity contribution in [1.29, 1.82) is 0 Å². The number of fused-ring (bicyclic) bond motifs is 1. The van der Waals surface area contributed by atoms with Crippen LogP contribution in [0.4, 0.5) is 0 Å². The summed E-state index contributed by atoms with van der Waals surface area (Å²) in [6, 6.07) is 30.7. The first-order valence-corrected chi connectivity index (χ1v) is 12.5. The Bertz CT molecular complexity index is 1170. The SMILES string of the molecule is Ic1cnc2n1C[C@H](OCc1ccccc1)[C@H](OCc1ccccc1)[C@H]2OCc1ccccc1. The van der Waals surface area contributed by atoms with Gasteiger partial charge < -0.3 is 18.8 Å². The first-order chi connectivity index (χ1) is 16.8. The lowest BCUT2D eigenvalue weighted by Crippen LogP contribution is -2.46. The molecule has 5 rings (SSSR count). The summed E-state index contributed by atoms with van der Waals surface area (Å²) in [4.78, 5) is 4.70. The predicted molar refractivity (Wildman–Crippen MR) is 139 cm³/mol. The molecule has 0 radical (unpaired) electrons. The molecule has 34 heavy (non-hydrogen) atoms. The number of rotatable bonds is 9. The van der Waals surface area contributed by atoms with E-state index in [4.69, 9.17) is 19.2 Å². The highest BCUT2D eigenvalue weighted by atomic mass is 127. The van der Waals surface area contributed by atoms with Crippen LogP contribution in [0.5, 0.6) is 0 Å². The molecule has 0 spiro atoms. The molecule has 1 aliphatic heterocycles. The Morgan fingerprint density at radius 3 is 1.76 bits per heavy atom. The zero-order valence-electron chi connectivity index (χ0n) is 18.8. The first-order valence-electron chi connectivity index (χ1n) is 11.5. The van der Waals surface area contributed by atoms with Crippen LogP contribution in [0, 0.1) is 3.70 Å². The fraction of sp³-hybridized carbons (Fsp3) is 0.250. The number of hydrogen-bond acceptors (Lipinski definition) is 4. The molecule has 0 amide bonds. The van der Waals surface area contributed by atoms with Gasteiger partial charge in [-0.15, -0.1) is 0 Å². The summed E-state index contributed by atoms with van der Waals surface area (Å²) in [7, 11) is 0. The molecular formula is C28H27IN2O3. The number of benzene rings is 3. The van der Waals surface area contributed by atoms with E-state index >= 15 is 0 Å². The van der Waals surface area contributed by atoms with Crippen LogP contribution in [0.2, 0.25) is 0 Å². The zero-order valence-corrected chi connectivity index (χ0v) is 21.0. The smallest absolute Gasteiger partial charge is 0.144 e. The van der Waals surface area contributed by atoms with Crippen molar-refractivity contribution >= 4 is 22.6 Å². The van der Waals surface area contributed by atoms with E-state index < -0.39 is 0 Å². The van der Waals surface area contributed by atoms with Gasteiger partial charge in [0.25, 0.3) is 0 Å². The third kappa shape index (κ3) is 5.58. The van der Waals surface area contributed by atoms with Gasteiger partial charge in [-0.05, 0) is 39.3 Å². The van der Waals surface area contributed by atoms with Crippen LogP contribution < -0.4 is 0 Å². The topological polar surface area (TPSA) is 45.5 Å². The fourth-order valence-electron chi connectivity index (χ4n) is 4.22. The van der Waals surface area contributed by atoms with Crippen LogP contribution in [0.3, 0.4) is 0 Å². The molecular weight excluding hydrogens is 539 g/mol. The Labute approximate surface area is 213 Å². The molecule has 5 nitrogen and oxygen atoms in total. The minimum absolute atomic E-state index is 0.181. The van der Waals surface area contributed by atoms with E-state index in [1.165, 1.54) is 0 Å². The highest BCUT2D eigenvalue weighted by molar-refractivity contribution is 14.1. The molecule has 0 fully saturated rings.